The molecule has 1 N–H and O–H groups in total. The van der Waals surface area contributed by atoms with E-state index in [9.17, 15) is 4.79 Å². The van der Waals surface area contributed by atoms with E-state index in [4.69, 9.17) is 0 Å². The van der Waals surface area contributed by atoms with Crippen LogP contribution in [0.15, 0.2) is 60.9 Å². The number of aryl methyl sites for hydroxylation is 2. The van der Waals surface area contributed by atoms with E-state index >= 15 is 0 Å². The first-order chi connectivity index (χ1) is 12.6. The largest absolute Gasteiger partial charge is 0.340 e. The van der Waals surface area contributed by atoms with Crippen LogP contribution in [-0.2, 0) is 0 Å². The summed E-state index contributed by atoms with van der Waals surface area (Å²) in [5.74, 6) is 0.444. The Morgan fingerprint density at radius 3 is 2.46 bits per heavy atom. The molecule has 3 aromatic rings. The molecule has 0 saturated carbocycles. The van der Waals surface area contributed by atoms with Crippen molar-refractivity contribution in [2.45, 2.75) is 20.8 Å². The van der Waals surface area contributed by atoms with E-state index < -0.39 is 0 Å². The van der Waals surface area contributed by atoms with Gasteiger partial charge in [-0.3, -0.25) is 4.79 Å². The summed E-state index contributed by atoms with van der Waals surface area (Å²) >= 11 is 0. The first-order valence-electron chi connectivity index (χ1n) is 8.61. The zero-order chi connectivity index (χ0) is 18.5. The van der Waals surface area contributed by atoms with Crippen molar-refractivity contribution in [1.82, 2.24) is 9.97 Å². The molecule has 0 spiro atoms. The first-order valence-corrected chi connectivity index (χ1v) is 8.61. The maximum atomic E-state index is 12.9. The summed E-state index contributed by atoms with van der Waals surface area (Å²) in [7, 11) is 0. The fraction of sp³-hybridized carbons (Fsp3) is 0.190. The average Bonchev–Trinajstić information content (AvgIpc) is 2.64. The molecule has 132 valence electrons. The summed E-state index contributed by atoms with van der Waals surface area (Å²) in [5, 5.41) is 3.21. The number of rotatable bonds is 5. The molecule has 5 heteroatoms. The number of carbonyl (C=O) groups excluding carboxylic acids is 1. The van der Waals surface area contributed by atoms with Crippen molar-refractivity contribution in [1.29, 1.82) is 0 Å². The molecule has 3 rings (SSSR count). The smallest absolute Gasteiger partial charge is 0.277 e. The third-order valence-electron chi connectivity index (χ3n) is 4.08. The Hall–Kier alpha value is -3.21. The molecular weight excluding hydrogens is 324 g/mol. The highest BCUT2D eigenvalue weighted by Gasteiger charge is 2.18. The second kappa shape index (κ2) is 7.78. The number of aromatic nitrogens is 2. The van der Waals surface area contributed by atoms with Crippen LogP contribution in [0.5, 0.6) is 0 Å². The molecule has 0 aliphatic carbocycles. The van der Waals surface area contributed by atoms with Gasteiger partial charge in [-0.1, -0.05) is 29.8 Å². The van der Waals surface area contributed by atoms with Crippen LogP contribution in [0.3, 0.4) is 0 Å². The number of benzene rings is 2. The van der Waals surface area contributed by atoms with E-state index in [1.807, 2.05) is 69.3 Å². The predicted molar refractivity (Wildman–Crippen MR) is 105 cm³/mol. The van der Waals surface area contributed by atoms with Crippen molar-refractivity contribution in [2.24, 2.45) is 0 Å². The van der Waals surface area contributed by atoms with Gasteiger partial charge in [-0.15, -0.1) is 0 Å². The lowest BCUT2D eigenvalue weighted by Crippen LogP contribution is -2.31. The van der Waals surface area contributed by atoms with Crippen LogP contribution in [0.25, 0.3) is 0 Å². The molecular formula is C21H22N4O. The molecule has 0 saturated heterocycles. The Balaban J connectivity index is 1.84. The lowest BCUT2D eigenvalue weighted by molar-refractivity contribution is 0.0983. The standard InChI is InChI=1S/C21H22N4O/c1-4-25(18-7-5-6-16(3)12-18)21(26)19-13-20(23-14-22-19)24-17-10-8-15(2)9-11-17/h5-14H,4H2,1-3H3,(H,22,23,24). The molecule has 26 heavy (non-hydrogen) atoms. The number of anilines is 3. The summed E-state index contributed by atoms with van der Waals surface area (Å²) in [6.45, 7) is 6.56. The molecule has 1 heterocycles. The quantitative estimate of drug-likeness (QED) is 0.739. The molecule has 0 fully saturated rings. The van der Waals surface area contributed by atoms with E-state index in [0.717, 1.165) is 16.9 Å². The zero-order valence-corrected chi connectivity index (χ0v) is 15.2. The van der Waals surface area contributed by atoms with Crippen molar-refractivity contribution < 1.29 is 4.79 Å². The van der Waals surface area contributed by atoms with Gasteiger partial charge in [0.1, 0.15) is 17.8 Å². The maximum Gasteiger partial charge on any atom is 0.277 e. The van der Waals surface area contributed by atoms with Crippen molar-refractivity contribution in [2.75, 3.05) is 16.8 Å². The zero-order valence-electron chi connectivity index (χ0n) is 15.2. The van der Waals surface area contributed by atoms with E-state index in [1.54, 1.807) is 11.0 Å². The minimum Gasteiger partial charge on any atom is -0.340 e. The second-order valence-corrected chi connectivity index (χ2v) is 6.17. The fourth-order valence-electron chi connectivity index (χ4n) is 2.70. The number of hydrogen-bond acceptors (Lipinski definition) is 4. The van der Waals surface area contributed by atoms with E-state index in [0.29, 0.717) is 18.1 Å². The van der Waals surface area contributed by atoms with Crippen LogP contribution in [0.1, 0.15) is 28.5 Å². The summed E-state index contributed by atoms with van der Waals surface area (Å²) in [5.41, 5.74) is 4.44. The molecule has 1 amide bonds. The molecule has 0 unspecified atom stereocenters. The molecule has 0 aliphatic heterocycles. The highest BCUT2D eigenvalue weighted by atomic mass is 16.2. The fourth-order valence-corrected chi connectivity index (χ4v) is 2.70. The summed E-state index contributed by atoms with van der Waals surface area (Å²) in [4.78, 5) is 23.0. The van der Waals surface area contributed by atoms with Crippen LogP contribution in [0.4, 0.5) is 17.2 Å². The Morgan fingerprint density at radius 2 is 1.77 bits per heavy atom. The minimum atomic E-state index is -0.146. The Bertz CT molecular complexity index is 906. The molecule has 0 radical (unpaired) electrons. The molecule has 0 aliphatic rings. The minimum absolute atomic E-state index is 0.146. The summed E-state index contributed by atoms with van der Waals surface area (Å²) < 4.78 is 0. The Morgan fingerprint density at radius 1 is 1.00 bits per heavy atom. The molecule has 5 nitrogen and oxygen atoms in total. The van der Waals surface area contributed by atoms with Crippen LogP contribution >= 0.6 is 0 Å². The van der Waals surface area contributed by atoms with Crippen molar-refractivity contribution in [3.63, 3.8) is 0 Å². The van der Waals surface area contributed by atoms with E-state index in [-0.39, 0.29) is 5.91 Å². The van der Waals surface area contributed by atoms with E-state index in [2.05, 4.69) is 15.3 Å². The number of hydrogen-bond donors (Lipinski definition) is 1. The first kappa shape index (κ1) is 17.6. The molecule has 0 atom stereocenters. The second-order valence-electron chi connectivity index (χ2n) is 6.17. The van der Waals surface area contributed by atoms with Crippen molar-refractivity contribution in [3.8, 4) is 0 Å². The number of nitrogens with one attached hydrogen (secondary N) is 1. The van der Waals surface area contributed by atoms with Crippen LogP contribution in [0.2, 0.25) is 0 Å². The van der Waals surface area contributed by atoms with Gasteiger partial charge in [0.05, 0.1) is 0 Å². The normalized spacial score (nSPS) is 10.4. The van der Waals surface area contributed by atoms with Crippen LogP contribution < -0.4 is 10.2 Å². The Labute approximate surface area is 153 Å². The predicted octanol–water partition coefficient (Wildman–Crippen LogP) is 4.50. The van der Waals surface area contributed by atoms with E-state index in [1.165, 1.54) is 11.9 Å². The lowest BCUT2D eigenvalue weighted by Gasteiger charge is -2.21. The third kappa shape index (κ3) is 4.06. The number of amides is 1. The van der Waals surface area contributed by atoms with Gasteiger partial charge in [-0.25, -0.2) is 9.97 Å². The van der Waals surface area contributed by atoms with Gasteiger partial charge in [0, 0.05) is 24.0 Å². The van der Waals surface area contributed by atoms with Crippen LogP contribution in [-0.4, -0.2) is 22.4 Å². The SMILES string of the molecule is CCN(C(=O)c1cc(Nc2ccc(C)cc2)ncn1)c1cccc(C)c1. The van der Waals surface area contributed by atoms with Gasteiger partial charge >= 0.3 is 0 Å². The van der Waals surface area contributed by atoms with Gasteiger partial charge in [0.15, 0.2) is 0 Å². The van der Waals surface area contributed by atoms with Crippen LogP contribution in [0, 0.1) is 13.8 Å². The lowest BCUT2D eigenvalue weighted by atomic mass is 10.2. The third-order valence-corrected chi connectivity index (χ3v) is 4.08. The summed E-state index contributed by atoms with van der Waals surface area (Å²) in [6.07, 6.45) is 1.41. The van der Waals surface area contributed by atoms with Gasteiger partial charge in [-0.2, -0.15) is 0 Å². The van der Waals surface area contributed by atoms with Gasteiger partial charge in [0.2, 0.25) is 0 Å². The topological polar surface area (TPSA) is 58.1 Å². The van der Waals surface area contributed by atoms with Crippen molar-refractivity contribution >= 4 is 23.1 Å². The number of nitrogens with zero attached hydrogens (tertiary/aromatic N) is 3. The monoisotopic (exact) mass is 346 g/mol. The summed E-state index contributed by atoms with van der Waals surface area (Å²) in [6, 6.07) is 17.6. The molecule has 2 aromatic carbocycles. The van der Waals surface area contributed by atoms with Crippen molar-refractivity contribution in [3.05, 3.63) is 77.7 Å². The Kier molecular flexibility index (Phi) is 5.27. The molecule has 0 bridgehead atoms. The highest BCUT2D eigenvalue weighted by molar-refractivity contribution is 6.05. The highest BCUT2D eigenvalue weighted by Crippen LogP contribution is 2.20. The van der Waals surface area contributed by atoms with Gasteiger partial charge < -0.3 is 10.2 Å². The number of carbonyl (C=O) groups is 1. The molecule has 1 aromatic heterocycles. The van der Waals surface area contributed by atoms with Gasteiger partial charge in [0.25, 0.3) is 5.91 Å². The average molecular weight is 346 g/mol. The van der Waals surface area contributed by atoms with Gasteiger partial charge in [-0.05, 0) is 50.6 Å². The maximum absolute atomic E-state index is 12.9.